The van der Waals surface area contributed by atoms with Crippen molar-refractivity contribution >= 4 is 35.1 Å². The third kappa shape index (κ3) is 4.50. The van der Waals surface area contributed by atoms with Crippen molar-refractivity contribution in [2.45, 2.75) is 47.6 Å². The number of halogens is 1. The zero-order valence-corrected chi connectivity index (χ0v) is 14.1. The van der Waals surface area contributed by atoms with Crippen molar-refractivity contribution in [1.82, 2.24) is 9.97 Å². The van der Waals surface area contributed by atoms with E-state index < -0.39 is 0 Å². The van der Waals surface area contributed by atoms with Gasteiger partial charge in [0.15, 0.2) is 0 Å². The van der Waals surface area contributed by atoms with Crippen LogP contribution in [0.1, 0.15) is 25.7 Å². The minimum atomic E-state index is -0.243. The van der Waals surface area contributed by atoms with Gasteiger partial charge in [0.25, 0.3) is 0 Å². The number of benzene rings is 1. The molecular weight excluding hydrogens is 332 g/mol. The van der Waals surface area contributed by atoms with Crippen LogP contribution in [0.5, 0.6) is 0 Å². The maximum absolute atomic E-state index is 9.83. The van der Waals surface area contributed by atoms with E-state index in [2.05, 4.69) is 15.3 Å². The van der Waals surface area contributed by atoms with Gasteiger partial charge in [0.2, 0.25) is 5.95 Å². The number of aliphatic hydroxyl groups is 1. The molecule has 2 atom stereocenters. The van der Waals surface area contributed by atoms with Gasteiger partial charge in [-0.15, -0.1) is 0 Å². The number of aromatic nitrogens is 2. The number of rotatable bonds is 4. The first kappa shape index (κ1) is 16.4. The second kappa shape index (κ2) is 7.38. The summed E-state index contributed by atoms with van der Waals surface area (Å²) in [5.41, 5.74) is 5.73. The molecule has 3 rings (SSSR count). The number of hydrogen-bond donors (Lipinski definition) is 3. The summed E-state index contributed by atoms with van der Waals surface area (Å²) < 4.78 is 0. The SMILES string of the molecule is Nc1ncc(Sc2ccc(Cl)cc2)c(N[C@@H]2CCC[C@H](O)C2)n1. The second-order valence-corrected chi connectivity index (χ2v) is 7.21. The van der Waals surface area contributed by atoms with E-state index in [4.69, 9.17) is 17.3 Å². The van der Waals surface area contributed by atoms with Gasteiger partial charge in [-0.3, -0.25) is 0 Å². The quantitative estimate of drug-likeness (QED) is 0.781. The average molecular weight is 351 g/mol. The Balaban J connectivity index is 1.78. The predicted molar refractivity (Wildman–Crippen MR) is 93.9 cm³/mol. The Labute approximate surface area is 144 Å². The number of nitrogen functional groups attached to an aromatic ring is 1. The second-order valence-electron chi connectivity index (χ2n) is 5.66. The van der Waals surface area contributed by atoms with Crippen molar-refractivity contribution in [3.8, 4) is 0 Å². The molecule has 0 bridgehead atoms. The number of nitrogens with two attached hydrogens (primary N) is 1. The lowest BCUT2D eigenvalue weighted by Gasteiger charge is -2.27. The molecule has 1 aliphatic carbocycles. The highest BCUT2D eigenvalue weighted by atomic mass is 35.5. The van der Waals surface area contributed by atoms with Crippen LogP contribution in [0.25, 0.3) is 0 Å². The van der Waals surface area contributed by atoms with Crippen molar-refractivity contribution in [2.24, 2.45) is 0 Å². The molecule has 5 nitrogen and oxygen atoms in total. The fourth-order valence-corrected chi connectivity index (χ4v) is 3.64. The van der Waals surface area contributed by atoms with Gasteiger partial charge in [-0.1, -0.05) is 23.4 Å². The van der Waals surface area contributed by atoms with Crippen LogP contribution < -0.4 is 11.1 Å². The maximum Gasteiger partial charge on any atom is 0.221 e. The highest BCUT2D eigenvalue weighted by molar-refractivity contribution is 7.99. The van der Waals surface area contributed by atoms with Gasteiger partial charge < -0.3 is 16.2 Å². The molecule has 1 heterocycles. The van der Waals surface area contributed by atoms with Crippen LogP contribution in [0.15, 0.2) is 40.3 Å². The Bertz CT molecular complexity index is 668. The Morgan fingerprint density at radius 3 is 2.78 bits per heavy atom. The molecule has 122 valence electrons. The van der Waals surface area contributed by atoms with E-state index >= 15 is 0 Å². The van der Waals surface area contributed by atoms with Gasteiger partial charge in [-0.25, -0.2) is 4.98 Å². The monoisotopic (exact) mass is 350 g/mol. The summed E-state index contributed by atoms with van der Waals surface area (Å²) in [6.07, 6.45) is 5.12. The van der Waals surface area contributed by atoms with Gasteiger partial charge in [-0.2, -0.15) is 4.98 Å². The van der Waals surface area contributed by atoms with Gasteiger partial charge in [0, 0.05) is 22.2 Å². The summed E-state index contributed by atoms with van der Waals surface area (Å²) in [6.45, 7) is 0. The standard InChI is InChI=1S/C16H19ClN4OS/c17-10-4-6-13(7-5-10)23-14-9-19-16(18)21-15(14)20-11-2-1-3-12(22)8-11/h4-7,9,11-12,22H,1-3,8H2,(H3,18,19,20,21)/t11-,12+/m1/s1. The summed E-state index contributed by atoms with van der Waals surface area (Å²) in [6, 6.07) is 7.83. The van der Waals surface area contributed by atoms with E-state index in [-0.39, 0.29) is 18.1 Å². The minimum Gasteiger partial charge on any atom is -0.393 e. The first-order chi connectivity index (χ1) is 11.1. The lowest BCUT2D eigenvalue weighted by Crippen LogP contribution is -2.30. The fourth-order valence-electron chi connectivity index (χ4n) is 2.68. The normalized spacial score (nSPS) is 21.1. The van der Waals surface area contributed by atoms with Crippen LogP contribution in [-0.4, -0.2) is 27.2 Å². The molecule has 1 aromatic heterocycles. The zero-order chi connectivity index (χ0) is 16.2. The molecule has 1 aromatic carbocycles. The van der Waals surface area contributed by atoms with Gasteiger partial charge in [0.1, 0.15) is 5.82 Å². The van der Waals surface area contributed by atoms with E-state index in [0.717, 1.165) is 41.3 Å². The number of nitrogens with one attached hydrogen (secondary N) is 1. The minimum absolute atomic E-state index is 0.206. The van der Waals surface area contributed by atoms with E-state index in [0.29, 0.717) is 5.02 Å². The summed E-state index contributed by atoms with van der Waals surface area (Å²) >= 11 is 7.48. The van der Waals surface area contributed by atoms with E-state index in [9.17, 15) is 5.11 Å². The predicted octanol–water partition coefficient (Wildman–Crippen LogP) is 3.58. The molecule has 1 aliphatic rings. The molecule has 2 aromatic rings. The van der Waals surface area contributed by atoms with Crippen molar-refractivity contribution in [3.05, 3.63) is 35.5 Å². The van der Waals surface area contributed by atoms with Crippen LogP contribution in [0, 0.1) is 0 Å². The molecule has 4 N–H and O–H groups in total. The van der Waals surface area contributed by atoms with Gasteiger partial charge in [-0.05, 0) is 49.9 Å². The van der Waals surface area contributed by atoms with Crippen LogP contribution in [0.2, 0.25) is 5.02 Å². The van der Waals surface area contributed by atoms with Crippen molar-refractivity contribution < 1.29 is 5.11 Å². The maximum atomic E-state index is 9.83. The lowest BCUT2D eigenvalue weighted by molar-refractivity contribution is 0.124. The summed E-state index contributed by atoms with van der Waals surface area (Å²) in [5.74, 6) is 0.959. The molecule has 0 amide bonds. The molecule has 7 heteroatoms. The molecule has 1 fully saturated rings. The molecule has 1 saturated carbocycles. The number of anilines is 2. The Hall–Kier alpha value is -1.50. The summed E-state index contributed by atoms with van der Waals surface area (Å²) in [5, 5.41) is 13.9. The topological polar surface area (TPSA) is 84.1 Å². The highest BCUT2D eigenvalue weighted by Crippen LogP contribution is 2.34. The first-order valence-corrected chi connectivity index (χ1v) is 8.80. The Kier molecular flexibility index (Phi) is 5.25. The van der Waals surface area contributed by atoms with Crippen molar-refractivity contribution in [1.29, 1.82) is 0 Å². The first-order valence-electron chi connectivity index (χ1n) is 7.60. The largest absolute Gasteiger partial charge is 0.393 e. The third-order valence-corrected chi connectivity index (χ3v) is 5.08. The van der Waals surface area contributed by atoms with Gasteiger partial charge >= 0.3 is 0 Å². The number of hydrogen-bond acceptors (Lipinski definition) is 6. The summed E-state index contributed by atoms with van der Waals surface area (Å²) in [4.78, 5) is 10.4. The molecule has 0 aliphatic heterocycles. The molecule has 0 radical (unpaired) electrons. The number of aliphatic hydroxyl groups excluding tert-OH is 1. The fraction of sp³-hybridized carbons (Fsp3) is 0.375. The average Bonchev–Trinajstić information content (AvgIpc) is 2.52. The zero-order valence-electron chi connectivity index (χ0n) is 12.6. The Morgan fingerprint density at radius 2 is 2.04 bits per heavy atom. The van der Waals surface area contributed by atoms with Crippen LogP contribution in [0.4, 0.5) is 11.8 Å². The van der Waals surface area contributed by atoms with Crippen molar-refractivity contribution in [3.63, 3.8) is 0 Å². The van der Waals surface area contributed by atoms with E-state index in [1.807, 2.05) is 24.3 Å². The molecule has 0 unspecified atom stereocenters. The molecular formula is C16H19ClN4OS. The van der Waals surface area contributed by atoms with Crippen molar-refractivity contribution in [2.75, 3.05) is 11.1 Å². The molecule has 0 spiro atoms. The summed E-state index contributed by atoms with van der Waals surface area (Å²) in [7, 11) is 0. The van der Waals surface area contributed by atoms with Crippen LogP contribution in [-0.2, 0) is 0 Å². The van der Waals surface area contributed by atoms with Crippen LogP contribution in [0.3, 0.4) is 0 Å². The third-order valence-electron chi connectivity index (χ3n) is 3.80. The Morgan fingerprint density at radius 1 is 1.26 bits per heavy atom. The van der Waals surface area contributed by atoms with E-state index in [1.165, 1.54) is 0 Å². The van der Waals surface area contributed by atoms with Gasteiger partial charge in [0.05, 0.1) is 11.0 Å². The lowest BCUT2D eigenvalue weighted by atomic mass is 9.93. The molecule has 0 saturated heterocycles. The number of nitrogens with zero attached hydrogens (tertiary/aromatic N) is 2. The smallest absolute Gasteiger partial charge is 0.221 e. The van der Waals surface area contributed by atoms with E-state index in [1.54, 1.807) is 18.0 Å². The van der Waals surface area contributed by atoms with Crippen LogP contribution >= 0.6 is 23.4 Å². The highest BCUT2D eigenvalue weighted by Gasteiger charge is 2.21. The molecule has 23 heavy (non-hydrogen) atoms.